The molecule has 0 saturated carbocycles. The van der Waals surface area contributed by atoms with Crippen LogP contribution in [0.1, 0.15) is 42.6 Å². The molecule has 1 aromatic carbocycles. The van der Waals surface area contributed by atoms with Crippen molar-refractivity contribution >= 4 is 16.9 Å². The van der Waals surface area contributed by atoms with Crippen molar-refractivity contribution in [3.63, 3.8) is 0 Å². The number of imidazole rings is 1. The zero-order chi connectivity index (χ0) is 16.8. The maximum Gasteiger partial charge on any atom is 0.326 e. The number of carbonyl (C=O) groups excluding carboxylic acids is 1. The molecule has 0 aliphatic rings. The predicted molar refractivity (Wildman–Crippen MR) is 87.6 cm³/mol. The fourth-order valence-corrected chi connectivity index (χ4v) is 2.74. The average molecular weight is 313 g/mol. The highest BCUT2D eigenvalue weighted by atomic mass is 16.4. The van der Waals surface area contributed by atoms with Gasteiger partial charge in [0.2, 0.25) is 0 Å². The maximum absolute atomic E-state index is 12.2. The van der Waals surface area contributed by atoms with Crippen molar-refractivity contribution in [1.82, 2.24) is 9.55 Å². The number of primary amides is 1. The van der Waals surface area contributed by atoms with Crippen LogP contribution in [0.2, 0.25) is 0 Å². The third-order valence-corrected chi connectivity index (χ3v) is 3.74. The van der Waals surface area contributed by atoms with E-state index in [4.69, 9.17) is 10.2 Å². The van der Waals surface area contributed by atoms with E-state index in [0.717, 1.165) is 16.6 Å². The highest BCUT2D eigenvalue weighted by Gasteiger charge is 2.26. The van der Waals surface area contributed by atoms with E-state index in [2.05, 4.69) is 4.98 Å². The second kappa shape index (κ2) is 5.15. The van der Waals surface area contributed by atoms with E-state index in [1.54, 1.807) is 10.6 Å². The molecule has 23 heavy (non-hydrogen) atoms. The standard InChI is InChI=1S/C17H19N3O3/c1-17(2,3)14-10(8-13(23-14)15(18)21)9-20-12-7-5-4-6-11(12)19-16(20)22/h4-8H,9H2,1-3H3,(H2,18,21)(H,19,22). The summed E-state index contributed by atoms with van der Waals surface area (Å²) in [5.74, 6) is 0.148. The largest absolute Gasteiger partial charge is 0.455 e. The molecular weight excluding hydrogens is 294 g/mol. The Hall–Kier alpha value is -2.76. The first kappa shape index (κ1) is 15.1. The Kier molecular flexibility index (Phi) is 3.39. The van der Waals surface area contributed by atoms with Gasteiger partial charge in [0.15, 0.2) is 5.76 Å². The molecule has 3 aromatic rings. The topological polar surface area (TPSA) is 94.0 Å². The second-order valence-corrected chi connectivity index (χ2v) is 6.61. The minimum Gasteiger partial charge on any atom is -0.455 e. The molecule has 0 saturated heterocycles. The quantitative estimate of drug-likeness (QED) is 0.777. The highest BCUT2D eigenvalue weighted by Crippen LogP contribution is 2.29. The molecule has 0 unspecified atom stereocenters. The smallest absolute Gasteiger partial charge is 0.326 e. The first-order chi connectivity index (χ1) is 10.8. The van der Waals surface area contributed by atoms with Gasteiger partial charge in [-0.15, -0.1) is 0 Å². The average Bonchev–Trinajstić information content (AvgIpc) is 3.01. The number of rotatable bonds is 3. The van der Waals surface area contributed by atoms with Gasteiger partial charge in [-0.3, -0.25) is 9.36 Å². The van der Waals surface area contributed by atoms with Crippen LogP contribution in [0.5, 0.6) is 0 Å². The lowest BCUT2D eigenvalue weighted by atomic mass is 9.90. The molecule has 0 radical (unpaired) electrons. The van der Waals surface area contributed by atoms with Crippen LogP contribution < -0.4 is 11.4 Å². The molecule has 6 nitrogen and oxygen atoms in total. The molecule has 0 bridgehead atoms. The fourth-order valence-electron chi connectivity index (χ4n) is 2.74. The van der Waals surface area contributed by atoms with Crippen LogP contribution in [0.15, 0.2) is 39.5 Å². The Balaban J connectivity index is 2.13. The van der Waals surface area contributed by atoms with E-state index in [9.17, 15) is 9.59 Å². The van der Waals surface area contributed by atoms with E-state index in [1.807, 2.05) is 45.0 Å². The summed E-state index contributed by atoms with van der Waals surface area (Å²) in [6, 6.07) is 9.09. The van der Waals surface area contributed by atoms with Gasteiger partial charge in [0.05, 0.1) is 17.6 Å². The summed E-state index contributed by atoms with van der Waals surface area (Å²) >= 11 is 0. The van der Waals surface area contributed by atoms with Crippen LogP contribution in [0.3, 0.4) is 0 Å². The number of fused-ring (bicyclic) bond motifs is 1. The lowest BCUT2D eigenvalue weighted by molar-refractivity contribution is 0.0970. The third kappa shape index (κ3) is 2.67. The molecule has 3 rings (SSSR count). The number of furan rings is 1. The van der Waals surface area contributed by atoms with Gasteiger partial charge in [-0.05, 0) is 18.2 Å². The van der Waals surface area contributed by atoms with Gasteiger partial charge in [0, 0.05) is 11.0 Å². The normalized spacial score (nSPS) is 12.0. The Morgan fingerprint density at radius 1 is 1.30 bits per heavy atom. The van der Waals surface area contributed by atoms with E-state index in [-0.39, 0.29) is 16.9 Å². The summed E-state index contributed by atoms with van der Waals surface area (Å²) in [6.45, 7) is 6.26. The van der Waals surface area contributed by atoms with Crippen molar-refractivity contribution in [2.75, 3.05) is 0 Å². The van der Waals surface area contributed by atoms with Gasteiger partial charge in [0.25, 0.3) is 5.91 Å². The lowest BCUT2D eigenvalue weighted by Gasteiger charge is -2.17. The van der Waals surface area contributed by atoms with Crippen LogP contribution >= 0.6 is 0 Å². The van der Waals surface area contributed by atoms with Crippen molar-refractivity contribution in [1.29, 1.82) is 0 Å². The number of hydrogen-bond donors (Lipinski definition) is 2. The molecule has 120 valence electrons. The Morgan fingerprint density at radius 3 is 2.65 bits per heavy atom. The van der Waals surface area contributed by atoms with Crippen molar-refractivity contribution in [3.05, 3.63) is 57.9 Å². The third-order valence-electron chi connectivity index (χ3n) is 3.74. The van der Waals surface area contributed by atoms with E-state index >= 15 is 0 Å². The molecule has 0 fully saturated rings. The first-order valence-electron chi connectivity index (χ1n) is 7.38. The number of aromatic nitrogens is 2. The highest BCUT2D eigenvalue weighted by molar-refractivity contribution is 5.90. The van der Waals surface area contributed by atoms with Crippen LogP contribution in [0, 0.1) is 0 Å². The number of aromatic amines is 1. The molecular formula is C17H19N3O3. The molecule has 2 aromatic heterocycles. The number of nitrogens with two attached hydrogens (primary N) is 1. The number of para-hydroxylation sites is 2. The van der Waals surface area contributed by atoms with Gasteiger partial charge in [-0.25, -0.2) is 4.79 Å². The summed E-state index contributed by atoms with van der Waals surface area (Å²) in [5, 5.41) is 0. The Bertz CT molecular complexity index is 938. The minimum absolute atomic E-state index is 0.109. The number of carbonyl (C=O) groups is 1. The van der Waals surface area contributed by atoms with Crippen LogP contribution in [0.25, 0.3) is 11.0 Å². The number of H-pyrrole nitrogens is 1. The van der Waals surface area contributed by atoms with E-state index < -0.39 is 5.91 Å². The van der Waals surface area contributed by atoms with Crippen LogP contribution in [0.4, 0.5) is 0 Å². The Morgan fingerprint density at radius 2 is 2.00 bits per heavy atom. The summed E-state index contributed by atoms with van der Waals surface area (Å²) in [6.07, 6.45) is 0. The number of hydrogen-bond acceptors (Lipinski definition) is 3. The Labute approximate surface area is 132 Å². The van der Waals surface area contributed by atoms with Gasteiger partial charge < -0.3 is 15.1 Å². The molecule has 0 aliphatic carbocycles. The minimum atomic E-state index is -0.618. The monoisotopic (exact) mass is 313 g/mol. The van der Waals surface area contributed by atoms with Gasteiger partial charge in [-0.1, -0.05) is 32.9 Å². The number of benzene rings is 1. The van der Waals surface area contributed by atoms with Crippen LogP contribution in [-0.4, -0.2) is 15.5 Å². The number of nitrogens with one attached hydrogen (secondary N) is 1. The molecule has 1 amide bonds. The predicted octanol–water partition coefficient (Wildman–Crippen LogP) is 2.37. The molecule has 0 spiro atoms. The van der Waals surface area contributed by atoms with Gasteiger partial charge in [0.1, 0.15) is 5.76 Å². The summed E-state index contributed by atoms with van der Waals surface area (Å²) in [4.78, 5) is 26.5. The fraction of sp³-hybridized carbons (Fsp3) is 0.294. The molecule has 0 atom stereocenters. The molecule has 2 heterocycles. The van der Waals surface area contributed by atoms with E-state index in [0.29, 0.717) is 12.3 Å². The SMILES string of the molecule is CC(C)(C)c1oc(C(N)=O)cc1Cn1c(=O)[nH]c2ccccc21. The summed E-state index contributed by atoms with van der Waals surface area (Å²) < 4.78 is 7.27. The summed E-state index contributed by atoms with van der Waals surface area (Å²) in [5.41, 5.74) is 7.17. The van der Waals surface area contributed by atoms with Crippen LogP contribution in [-0.2, 0) is 12.0 Å². The van der Waals surface area contributed by atoms with Gasteiger partial charge in [-0.2, -0.15) is 0 Å². The molecule has 0 aliphatic heterocycles. The zero-order valence-electron chi connectivity index (χ0n) is 13.3. The van der Waals surface area contributed by atoms with Gasteiger partial charge >= 0.3 is 5.69 Å². The number of amides is 1. The van der Waals surface area contributed by atoms with Crippen molar-refractivity contribution in [2.24, 2.45) is 5.73 Å². The number of nitrogens with zero attached hydrogens (tertiary/aromatic N) is 1. The van der Waals surface area contributed by atoms with Crippen molar-refractivity contribution in [3.8, 4) is 0 Å². The van der Waals surface area contributed by atoms with Crippen molar-refractivity contribution < 1.29 is 9.21 Å². The second-order valence-electron chi connectivity index (χ2n) is 6.61. The molecule has 3 N–H and O–H groups in total. The first-order valence-corrected chi connectivity index (χ1v) is 7.38. The zero-order valence-corrected chi connectivity index (χ0v) is 13.3. The van der Waals surface area contributed by atoms with E-state index in [1.165, 1.54) is 0 Å². The lowest BCUT2D eigenvalue weighted by Crippen LogP contribution is -2.20. The van der Waals surface area contributed by atoms with Crippen molar-refractivity contribution in [2.45, 2.75) is 32.7 Å². The maximum atomic E-state index is 12.2. The summed E-state index contributed by atoms with van der Waals surface area (Å²) in [7, 11) is 0. The molecule has 6 heteroatoms.